The van der Waals surface area contributed by atoms with E-state index in [2.05, 4.69) is 42.3 Å². The number of nitrogens with zero attached hydrogens (tertiary/aromatic N) is 4. The molecule has 1 amide bonds. The van der Waals surface area contributed by atoms with Crippen LogP contribution < -0.4 is 16.0 Å². The zero-order valence-electron chi connectivity index (χ0n) is 16.5. The summed E-state index contributed by atoms with van der Waals surface area (Å²) in [4.78, 5) is 25.1. The monoisotopic (exact) mass is 470 g/mol. The number of likely N-dealkylation sites (N-methyl/N-ethyl adjacent to an activating group) is 1. The summed E-state index contributed by atoms with van der Waals surface area (Å²) < 4.78 is 0. The number of carbonyl (C=O) groups is 1. The van der Waals surface area contributed by atoms with Crippen LogP contribution in [-0.4, -0.2) is 64.2 Å². The fraction of sp³-hybridized carbons (Fsp3) is 0.250. The molecular formula is C20H23BrN8O. The van der Waals surface area contributed by atoms with Crippen molar-refractivity contribution in [2.24, 2.45) is 0 Å². The Kier molecular flexibility index (Phi) is 5.35. The number of hydrogen-bond donors (Lipinski definition) is 4. The number of halogens is 1. The van der Waals surface area contributed by atoms with E-state index in [0.717, 1.165) is 53.8 Å². The number of fused-ring (bicyclic) bond motifs is 2. The molecule has 1 aliphatic heterocycles. The van der Waals surface area contributed by atoms with Crippen molar-refractivity contribution < 1.29 is 4.79 Å². The smallest absolute Gasteiger partial charge is 0.257 e. The number of rotatable bonds is 3. The second kappa shape index (κ2) is 7.96. The van der Waals surface area contributed by atoms with Crippen LogP contribution in [0.3, 0.4) is 0 Å². The molecule has 10 heteroatoms. The van der Waals surface area contributed by atoms with Gasteiger partial charge in [-0.25, -0.2) is 4.98 Å². The number of nitrogen functional groups attached to an aromatic ring is 1. The lowest BCUT2D eigenvalue weighted by Gasteiger charge is -2.35. The van der Waals surface area contributed by atoms with E-state index in [-0.39, 0.29) is 22.9 Å². The second-order valence-electron chi connectivity index (χ2n) is 7.43. The molecule has 0 spiro atoms. The molecule has 1 saturated heterocycles. The lowest BCUT2D eigenvalue weighted by Crippen LogP contribution is -2.45. The number of amides is 1. The maximum absolute atomic E-state index is 13.2. The van der Waals surface area contributed by atoms with Crippen LogP contribution in [0.1, 0.15) is 10.4 Å². The molecule has 1 aliphatic rings. The minimum absolute atomic E-state index is 0. The molecule has 0 unspecified atom stereocenters. The molecular weight excluding hydrogens is 448 g/mol. The van der Waals surface area contributed by atoms with Crippen molar-refractivity contribution in [2.75, 3.05) is 49.2 Å². The summed E-state index contributed by atoms with van der Waals surface area (Å²) in [5.41, 5.74) is 10.4. The largest absolute Gasteiger partial charge is 0.369 e. The van der Waals surface area contributed by atoms with E-state index in [1.54, 1.807) is 6.20 Å². The molecule has 5 N–H and O–H groups in total. The number of aromatic nitrogens is 4. The summed E-state index contributed by atoms with van der Waals surface area (Å²) in [5, 5.41) is 11.0. The van der Waals surface area contributed by atoms with Gasteiger partial charge in [-0.2, -0.15) is 5.10 Å². The quantitative estimate of drug-likeness (QED) is 0.365. The summed E-state index contributed by atoms with van der Waals surface area (Å²) in [5.74, 6) is 0.166. The van der Waals surface area contributed by atoms with Gasteiger partial charge < -0.3 is 25.8 Å². The van der Waals surface area contributed by atoms with Gasteiger partial charge in [0.25, 0.3) is 5.91 Å². The van der Waals surface area contributed by atoms with Crippen molar-refractivity contribution >= 4 is 62.1 Å². The molecule has 0 aliphatic carbocycles. The van der Waals surface area contributed by atoms with Crippen LogP contribution in [-0.2, 0) is 0 Å². The normalized spacial score (nSPS) is 14.8. The molecule has 9 nitrogen and oxygen atoms in total. The Hall–Kier alpha value is -3.11. The summed E-state index contributed by atoms with van der Waals surface area (Å²) in [6, 6.07) is 9.45. The lowest BCUT2D eigenvalue weighted by molar-refractivity contribution is 0.102. The Morgan fingerprint density at radius 2 is 1.93 bits per heavy atom. The van der Waals surface area contributed by atoms with Gasteiger partial charge in [0.05, 0.1) is 34.0 Å². The third kappa shape index (κ3) is 3.71. The molecule has 0 atom stereocenters. The van der Waals surface area contributed by atoms with Gasteiger partial charge in [-0.15, -0.1) is 17.0 Å². The molecule has 5 rings (SSSR count). The zero-order chi connectivity index (χ0) is 20.0. The predicted molar refractivity (Wildman–Crippen MR) is 125 cm³/mol. The minimum atomic E-state index is -0.173. The van der Waals surface area contributed by atoms with Crippen LogP contribution in [0.25, 0.3) is 21.9 Å². The Balaban J connectivity index is 0.00000218. The van der Waals surface area contributed by atoms with Gasteiger partial charge in [0.2, 0.25) is 0 Å². The van der Waals surface area contributed by atoms with Crippen molar-refractivity contribution in [3.05, 3.63) is 42.1 Å². The first kappa shape index (κ1) is 20.2. The van der Waals surface area contributed by atoms with E-state index >= 15 is 0 Å². The number of nitrogens with two attached hydrogens (primary N) is 1. The first-order valence-corrected chi connectivity index (χ1v) is 9.54. The Morgan fingerprint density at radius 1 is 1.13 bits per heavy atom. The predicted octanol–water partition coefficient (Wildman–Crippen LogP) is 2.60. The highest BCUT2D eigenvalue weighted by Gasteiger charge is 2.22. The van der Waals surface area contributed by atoms with Gasteiger partial charge in [-0.05, 0) is 37.4 Å². The van der Waals surface area contributed by atoms with Gasteiger partial charge in [0.1, 0.15) is 0 Å². The van der Waals surface area contributed by atoms with E-state index in [4.69, 9.17) is 5.73 Å². The molecule has 4 aromatic rings. The lowest BCUT2D eigenvalue weighted by atomic mass is 10.1. The number of H-pyrrole nitrogens is 2. The molecule has 1 fully saturated rings. The minimum Gasteiger partial charge on any atom is -0.369 e. The number of imidazole rings is 1. The van der Waals surface area contributed by atoms with Crippen molar-refractivity contribution in [2.45, 2.75) is 0 Å². The van der Waals surface area contributed by atoms with Gasteiger partial charge in [-0.1, -0.05) is 0 Å². The molecule has 0 bridgehead atoms. The first-order chi connectivity index (χ1) is 14.1. The van der Waals surface area contributed by atoms with Gasteiger partial charge in [-0.3, -0.25) is 9.89 Å². The number of hydrogen-bond acceptors (Lipinski definition) is 6. The number of piperazine rings is 1. The molecule has 2 aromatic carbocycles. The van der Waals surface area contributed by atoms with Crippen molar-refractivity contribution in [3.8, 4) is 0 Å². The highest BCUT2D eigenvalue weighted by atomic mass is 79.9. The van der Waals surface area contributed by atoms with Crippen molar-refractivity contribution in [3.63, 3.8) is 0 Å². The SMILES string of the molecule is Br.CN1CCN(c2cc3nc(N)[nH]c3cc2C(=O)Nc2ccc3cn[nH]c3c2)CC1. The molecule has 30 heavy (non-hydrogen) atoms. The van der Waals surface area contributed by atoms with Gasteiger partial charge in [0, 0.05) is 37.3 Å². The van der Waals surface area contributed by atoms with E-state index in [0.29, 0.717) is 17.2 Å². The maximum atomic E-state index is 13.2. The molecule has 156 valence electrons. The van der Waals surface area contributed by atoms with Crippen LogP contribution in [0.5, 0.6) is 0 Å². The first-order valence-electron chi connectivity index (χ1n) is 9.54. The maximum Gasteiger partial charge on any atom is 0.257 e. The molecule has 0 radical (unpaired) electrons. The number of aromatic amines is 2. The van der Waals surface area contributed by atoms with E-state index in [9.17, 15) is 4.79 Å². The number of nitrogens with one attached hydrogen (secondary N) is 3. The van der Waals surface area contributed by atoms with Crippen LogP contribution >= 0.6 is 17.0 Å². The van der Waals surface area contributed by atoms with Crippen LogP contribution in [0.15, 0.2) is 36.5 Å². The Morgan fingerprint density at radius 3 is 2.73 bits per heavy atom. The van der Waals surface area contributed by atoms with Crippen LogP contribution in [0.2, 0.25) is 0 Å². The van der Waals surface area contributed by atoms with E-state index < -0.39 is 0 Å². The second-order valence-corrected chi connectivity index (χ2v) is 7.43. The highest BCUT2D eigenvalue weighted by molar-refractivity contribution is 8.93. The number of anilines is 3. The average molecular weight is 471 g/mol. The van der Waals surface area contributed by atoms with Crippen LogP contribution in [0, 0.1) is 0 Å². The van der Waals surface area contributed by atoms with Crippen molar-refractivity contribution in [1.29, 1.82) is 0 Å². The summed E-state index contributed by atoms with van der Waals surface area (Å²) in [7, 11) is 2.11. The Labute approximate surface area is 183 Å². The molecule has 2 aromatic heterocycles. The molecule has 3 heterocycles. The standard InChI is InChI=1S/C20H22N8O.BrH/c1-27-4-6-28(7-5-27)18-10-17-16(24-20(21)25-17)9-14(18)19(29)23-13-3-2-12-11-22-26-15(12)8-13;/h2-3,8-11H,4-7H2,1H3,(H,22,26)(H,23,29)(H3,21,24,25);1H. The number of carbonyl (C=O) groups excluding carboxylic acids is 1. The third-order valence-corrected chi connectivity index (χ3v) is 5.41. The van der Waals surface area contributed by atoms with Gasteiger partial charge >= 0.3 is 0 Å². The fourth-order valence-corrected chi connectivity index (χ4v) is 3.77. The highest BCUT2D eigenvalue weighted by Crippen LogP contribution is 2.29. The summed E-state index contributed by atoms with van der Waals surface area (Å²) in [6.45, 7) is 3.58. The zero-order valence-corrected chi connectivity index (χ0v) is 18.2. The number of benzene rings is 2. The topological polar surface area (TPSA) is 119 Å². The van der Waals surface area contributed by atoms with E-state index in [1.165, 1.54) is 0 Å². The van der Waals surface area contributed by atoms with Crippen molar-refractivity contribution in [1.82, 2.24) is 25.1 Å². The third-order valence-electron chi connectivity index (χ3n) is 5.41. The average Bonchev–Trinajstić information content (AvgIpc) is 3.32. The summed E-state index contributed by atoms with van der Waals surface area (Å²) >= 11 is 0. The molecule has 0 saturated carbocycles. The Bertz CT molecular complexity index is 1210. The van der Waals surface area contributed by atoms with E-state index in [1.807, 2.05) is 30.3 Å². The fourth-order valence-electron chi connectivity index (χ4n) is 3.77. The van der Waals surface area contributed by atoms with Gasteiger partial charge in [0.15, 0.2) is 5.95 Å². The van der Waals surface area contributed by atoms with Crippen LogP contribution in [0.4, 0.5) is 17.3 Å². The summed E-state index contributed by atoms with van der Waals surface area (Å²) in [6.07, 6.45) is 1.75.